The van der Waals surface area contributed by atoms with Crippen molar-refractivity contribution in [1.29, 1.82) is 0 Å². The van der Waals surface area contributed by atoms with Crippen LogP contribution in [0.3, 0.4) is 0 Å². The summed E-state index contributed by atoms with van der Waals surface area (Å²) in [5.74, 6) is -4.86. The van der Waals surface area contributed by atoms with E-state index in [0.29, 0.717) is 11.4 Å². The second-order valence-corrected chi connectivity index (χ2v) is 12.6. The first-order valence-electron chi connectivity index (χ1n) is 16.1. The normalized spacial score (nSPS) is 12.1. The summed E-state index contributed by atoms with van der Waals surface area (Å²) in [4.78, 5) is 87.3. The monoisotopic (exact) mass is 727 g/mol. The van der Waals surface area contributed by atoms with E-state index < -0.39 is 46.7 Å². The molecule has 0 aliphatic rings. The average molecular weight is 728 g/mol. The first-order valence-corrected chi connectivity index (χ1v) is 16.1. The number of hydrogen-bond acceptors (Lipinski definition) is 13. The lowest BCUT2D eigenvalue weighted by Crippen LogP contribution is -2.30. The van der Waals surface area contributed by atoms with Gasteiger partial charge in [0.2, 0.25) is 5.91 Å². The molecule has 0 spiro atoms. The molecule has 0 saturated heterocycles. The summed E-state index contributed by atoms with van der Waals surface area (Å²) in [6, 6.07) is 16.2. The van der Waals surface area contributed by atoms with Crippen LogP contribution in [0.2, 0.25) is 0 Å². The van der Waals surface area contributed by atoms with Crippen molar-refractivity contribution in [2.75, 3.05) is 41.0 Å². The van der Waals surface area contributed by atoms with Crippen LogP contribution in [0.4, 0.5) is 28.4 Å². The molecule has 3 aromatic carbocycles. The number of hydrazone groups is 2. The number of nitrogens with zero attached hydrogens (tertiary/aromatic N) is 2. The number of methoxy groups -OCH3 is 2. The highest BCUT2D eigenvalue weighted by Gasteiger charge is 2.27. The van der Waals surface area contributed by atoms with Gasteiger partial charge in [0.25, 0.3) is 11.8 Å². The van der Waals surface area contributed by atoms with Crippen LogP contribution in [0.25, 0.3) is 0 Å². The maximum absolute atomic E-state index is 13.0. The number of ketones is 2. The van der Waals surface area contributed by atoms with E-state index in [0.717, 1.165) is 14.0 Å². The van der Waals surface area contributed by atoms with E-state index in [2.05, 4.69) is 37.0 Å². The van der Waals surface area contributed by atoms with Gasteiger partial charge < -0.3 is 25.4 Å². The van der Waals surface area contributed by atoms with Gasteiger partial charge in [0, 0.05) is 36.8 Å². The SMILES string of the molecule is COC(=O)c1ccc(C(=O)OC)c(N/N=C(/C(C)=O)C(=O)Nc2ccc(NC(=O)/C(=N\Nc3ccc(NC(=O)C(C)C(C)(C)C)cc3)C(C)=O)cc2)c1. The largest absolute Gasteiger partial charge is 0.465 e. The zero-order chi connectivity index (χ0) is 39.5. The summed E-state index contributed by atoms with van der Waals surface area (Å²) in [7, 11) is 2.33. The van der Waals surface area contributed by atoms with E-state index in [1.165, 1.54) is 56.5 Å². The first-order chi connectivity index (χ1) is 24.9. The van der Waals surface area contributed by atoms with E-state index in [9.17, 15) is 33.6 Å². The van der Waals surface area contributed by atoms with E-state index in [1.54, 1.807) is 24.3 Å². The Balaban J connectivity index is 1.68. The number of nitrogens with one attached hydrogen (secondary N) is 5. The molecule has 278 valence electrons. The summed E-state index contributed by atoms with van der Waals surface area (Å²) in [6.07, 6.45) is 0. The fourth-order valence-corrected chi connectivity index (χ4v) is 4.27. The van der Waals surface area contributed by atoms with E-state index in [1.807, 2.05) is 27.7 Å². The Bertz CT molecular complexity index is 1960. The maximum atomic E-state index is 13.0. The fraction of sp³-hybridized carbons (Fsp3) is 0.270. The van der Waals surface area contributed by atoms with E-state index >= 15 is 0 Å². The number of carbonyl (C=O) groups excluding carboxylic acids is 7. The number of rotatable bonds is 14. The maximum Gasteiger partial charge on any atom is 0.340 e. The zero-order valence-electron chi connectivity index (χ0n) is 30.5. The molecule has 1 unspecified atom stereocenters. The number of carbonyl (C=O) groups is 7. The Hall–Kier alpha value is -6.71. The van der Waals surface area contributed by atoms with Gasteiger partial charge in [-0.25, -0.2) is 9.59 Å². The highest BCUT2D eigenvalue weighted by molar-refractivity contribution is 6.67. The minimum absolute atomic E-state index is 0.0271. The zero-order valence-corrected chi connectivity index (χ0v) is 30.5. The molecule has 0 heterocycles. The molecule has 16 nitrogen and oxygen atoms in total. The lowest BCUT2D eigenvalue weighted by molar-refractivity contribution is -0.122. The second kappa shape index (κ2) is 18.0. The molecule has 3 aromatic rings. The Morgan fingerprint density at radius 1 is 0.604 bits per heavy atom. The topological polar surface area (TPSA) is 223 Å². The van der Waals surface area contributed by atoms with Crippen LogP contribution < -0.4 is 26.8 Å². The highest BCUT2D eigenvalue weighted by atomic mass is 16.5. The summed E-state index contributed by atoms with van der Waals surface area (Å²) >= 11 is 0. The van der Waals surface area contributed by atoms with Gasteiger partial charge >= 0.3 is 11.9 Å². The third kappa shape index (κ3) is 11.4. The molecule has 53 heavy (non-hydrogen) atoms. The Kier molecular flexibility index (Phi) is 13.8. The number of hydrogen-bond donors (Lipinski definition) is 5. The third-order valence-corrected chi connectivity index (χ3v) is 7.77. The van der Waals surface area contributed by atoms with Gasteiger partial charge in [-0.05, 0) is 72.1 Å². The van der Waals surface area contributed by atoms with Gasteiger partial charge in [-0.1, -0.05) is 27.7 Å². The summed E-state index contributed by atoms with van der Waals surface area (Å²) in [6.45, 7) is 10.1. The van der Waals surface area contributed by atoms with Crippen LogP contribution in [0, 0.1) is 11.3 Å². The molecule has 0 saturated carbocycles. The Morgan fingerprint density at radius 2 is 1.04 bits per heavy atom. The minimum Gasteiger partial charge on any atom is -0.465 e. The average Bonchev–Trinajstić information content (AvgIpc) is 3.11. The minimum atomic E-state index is -0.905. The Labute approximate surface area is 305 Å². The van der Waals surface area contributed by atoms with E-state index in [-0.39, 0.29) is 45.4 Å². The van der Waals surface area contributed by atoms with Crippen molar-refractivity contribution in [3.05, 3.63) is 77.9 Å². The molecule has 0 fully saturated rings. The number of amides is 3. The second-order valence-electron chi connectivity index (χ2n) is 12.6. The van der Waals surface area contributed by atoms with Crippen LogP contribution in [0.5, 0.6) is 0 Å². The van der Waals surface area contributed by atoms with E-state index in [4.69, 9.17) is 9.47 Å². The summed E-state index contributed by atoms with van der Waals surface area (Å²) in [5, 5.41) is 15.8. The van der Waals surface area contributed by atoms with Gasteiger partial charge in [-0.3, -0.25) is 34.8 Å². The lowest BCUT2D eigenvalue weighted by atomic mass is 9.81. The molecular weight excluding hydrogens is 686 g/mol. The molecule has 5 N–H and O–H groups in total. The van der Waals surface area contributed by atoms with Crippen LogP contribution in [-0.2, 0) is 33.4 Å². The molecule has 0 aromatic heterocycles. The van der Waals surface area contributed by atoms with Gasteiger partial charge in [0.15, 0.2) is 23.0 Å². The van der Waals surface area contributed by atoms with Crippen LogP contribution in [0.1, 0.15) is 62.3 Å². The Morgan fingerprint density at radius 3 is 1.47 bits per heavy atom. The molecule has 16 heteroatoms. The van der Waals surface area contributed by atoms with Gasteiger partial charge in [-0.15, -0.1) is 0 Å². The molecule has 0 aliphatic carbocycles. The third-order valence-electron chi connectivity index (χ3n) is 7.77. The van der Waals surface area contributed by atoms with Crippen LogP contribution in [-0.4, -0.2) is 66.9 Å². The molecular formula is C37H41N7O9. The van der Waals surface area contributed by atoms with Gasteiger partial charge in [-0.2, -0.15) is 10.2 Å². The molecule has 0 aliphatic heterocycles. The fourth-order valence-electron chi connectivity index (χ4n) is 4.27. The molecule has 0 radical (unpaired) electrons. The van der Waals surface area contributed by atoms with Crippen LogP contribution in [0.15, 0.2) is 76.9 Å². The molecule has 1 atom stereocenters. The van der Waals surface area contributed by atoms with Gasteiger partial charge in [0.1, 0.15) is 0 Å². The standard InChI is InChI=1S/C37H41N7O9/c1-20(37(4,5)6)32(47)38-24-14-16-27(17-15-24)41-43-30(21(2)45)33(48)39-25-10-12-26(13-11-25)40-34(49)31(22(3)46)44-42-29-19-23(35(50)52-7)9-18-28(29)36(51)53-8/h9-20,41-42H,1-8H3,(H,38,47)(H,39,48)(H,40,49)/b43-30-,44-31-. The van der Waals surface area contributed by atoms with Crippen molar-refractivity contribution >= 4 is 81.1 Å². The molecule has 0 bridgehead atoms. The summed E-state index contributed by atoms with van der Waals surface area (Å²) in [5.41, 5.74) is 5.48. The number of benzene rings is 3. The molecule has 3 amide bonds. The molecule has 3 rings (SSSR count). The van der Waals surface area contributed by atoms with Crippen LogP contribution >= 0.6 is 0 Å². The number of anilines is 5. The van der Waals surface area contributed by atoms with Crippen molar-refractivity contribution in [3.63, 3.8) is 0 Å². The number of esters is 2. The number of Topliss-reactive ketones (excluding diaryl/α,β-unsaturated/α-hetero) is 2. The predicted molar refractivity (Wildman–Crippen MR) is 200 cm³/mol. The lowest BCUT2D eigenvalue weighted by Gasteiger charge is -2.26. The number of ether oxygens (including phenoxy) is 2. The van der Waals surface area contributed by atoms with Crippen molar-refractivity contribution < 1.29 is 43.0 Å². The predicted octanol–water partition coefficient (Wildman–Crippen LogP) is 4.87. The van der Waals surface area contributed by atoms with Crippen molar-refractivity contribution in [2.45, 2.75) is 41.5 Å². The quantitative estimate of drug-likeness (QED) is 0.0652. The summed E-state index contributed by atoms with van der Waals surface area (Å²) < 4.78 is 9.44. The van der Waals surface area contributed by atoms with Crippen molar-refractivity contribution in [2.24, 2.45) is 21.5 Å². The highest BCUT2D eigenvalue weighted by Crippen LogP contribution is 2.27. The smallest absolute Gasteiger partial charge is 0.340 e. The van der Waals surface area contributed by atoms with Crippen molar-refractivity contribution in [1.82, 2.24) is 0 Å². The first kappa shape index (κ1) is 40.7. The van der Waals surface area contributed by atoms with Crippen molar-refractivity contribution in [3.8, 4) is 0 Å². The van der Waals surface area contributed by atoms with Gasteiger partial charge in [0.05, 0.1) is 36.7 Å².